The standard InChI is InChI=1S/C13H20N2O2S2/c16-19(17)7-6-10(9-19)12-8-18-13(15-12)14-11-4-2-1-3-5-11/h8,10-11H,1-7,9H2,(H,14,15). The van der Waals surface area contributed by atoms with E-state index >= 15 is 0 Å². The zero-order valence-corrected chi connectivity index (χ0v) is 12.6. The van der Waals surface area contributed by atoms with Crippen LogP contribution in [0.3, 0.4) is 0 Å². The van der Waals surface area contributed by atoms with Gasteiger partial charge in [-0.1, -0.05) is 19.3 Å². The fourth-order valence-corrected chi connectivity index (χ4v) is 5.62. The van der Waals surface area contributed by atoms with Crippen molar-refractivity contribution in [1.29, 1.82) is 0 Å². The highest BCUT2D eigenvalue weighted by atomic mass is 32.2. The van der Waals surface area contributed by atoms with Gasteiger partial charge in [-0.25, -0.2) is 13.4 Å². The topological polar surface area (TPSA) is 59.1 Å². The Hall–Kier alpha value is -0.620. The minimum Gasteiger partial charge on any atom is -0.359 e. The normalized spacial score (nSPS) is 27.5. The molecule has 1 aliphatic heterocycles. The SMILES string of the molecule is O=S1(=O)CCC(c2csc(NC3CCCCC3)n2)C1. The van der Waals surface area contributed by atoms with Gasteiger partial charge >= 0.3 is 0 Å². The summed E-state index contributed by atoms with van der Waals surface area (Å²) in [5, 5.41) is 6.49. The number of aromatic nitrogens is 1. The molecule has 106 valence electrons. The molecule has 1 aliphatic carbocycles. The van der Waals surface area contributed by atoms with Crippen molar-refractivity contribution in [1.82, 2.24) is 4.98 Å². The van der Waals surface area contributed by atoms with Gasteiger partial charge < -0.3 is 5.32 Å². The van der Waals surface area contributed by atoms with Crippen LogP contribution in [0.2, 0.25) is 0 Å². The Balaban J connectivity index is 1.63. The molecule has 6 heteroatoms. The summed E-state index contributed by atoms with van der Waals surface area (Å²) >= 11 is 1.61. The van der Waals surface area contributed by atoms with E-state index in [1.54, 1.807) is 11.3 Å². The number of hydrogen-bond donors (Lipinski definition) is 1. The Morgan fingerprint density at radius 3 is 2.68 bits per heavy atom. The molecule has 1 atom stereocenters. The smallest absolute Gasteiger partial charge is 0.183 e. The molecule has 0 spiro atoms. The summed E-state index contributed by atoms with van der Waals surface area (Å²) < 4.78 is 23.0. The van der Waals surface area contributed by atoms with Gasteiger partial charge in [0.1, 0.15) is 0 Å². The Labute approximate surface area is 118 Å². The van der Waals surface area contributed by atoms with Crippen LogP contribution in [-0.2, 0) is 9.84 Å². The number of anilines is 1. The maximum absolute atomic E-state index is 11.5. The number of hydrogen-bond acceptors (Lipinski definition) is 5. The quantitative estimate of drug-likeness (QED) is 0.932. The minimum absolute atomic E-state index is 0.114. The van der Waals surface area contributed by atoms with Crippen LogP contribution >= 0.6 is 11.3 Å². The third kappa shape index (κ3) is 3.28. The first-order valence-corrected chi connectivity index (χ1v) is 9.75. The van der Waals surface area contributed by atoms with Crippen LogP contribution in [0.15, 0.2) is 5.38 Å². The van der Waals surface area contributed by atoms with Crippen LogP contribution in [0, 0.1) is 0 Å². The van der Waals surface area contributed by atoms with Gasteiger partial charge in [-0.15, -0.1) is 11.3 Å². The lowest BCUT2D eigenvalue weighted by Gasteiger charge is -2.22. The van der Waals surface area contributed by atoms with Crippen LogP contribution in [0.5, 0.6) is 0 Å². The fourth-order valence-electron chi connectivity index (χ4n) is 2.99. The Bertz CT molecular complexity index is 533. The van der Waals surface area contributed by atoms with Crippen LogP contribution in [-0.4, -0.2) is 30.9 Å². The maximum Gasteiger partial charge on any atom is 0.183 e. The van der Waals surface area contributed by atoms with Gasteiger partial charge in [0.2, 0.25) is 0 Å². The van der Waals surface area contributed by atoms with Crippen molar-refractivity contribution in [3.8, 4) is 0 Å². The predicted octanol–water partition coefficient (Wildman–Crippen LogP) is 2.79. The zero-order valence-electron chi connectivity index (χ0n) is 11.0. The molecule has 2 fully saturated rings. The maximum atomic E-state index is 11.5. The van der Waals surface area contributed by atoms with Crippen molar-refractivity contribution in [2.24, 2.45) is 0 Å². The van der Waals surface area contributed by atoms with Gasteiger partial charge in [0.05, 0.1) is 17.2 Å². The lowest BCUT2D eigenvalue weighted by atomic mass is 9.96. The summed E-state index contributed by atoms with van der Waals surface area (Å²) in [5.74, 6) is 0.711. The lowest BCUT2D eigenvalue weighted by Crippen LogP contribution is -2.22. The lowest BCUT2D eigenvalue weighted by molar-refractivity contribution is 0.462. The monoisotopic (exact) mass is 300 g/mol. The highest BCUT2D eigenvalue weighted by Crippen LogP contribution is 2.32. The summed E-state index contributed by atoms with van der Waals surface area (Å²) in [7, 11) is -2.82. The molecule has 1 saturated carbocycles. The predicted molar refractivity (Wildman–Crippen MR) is 78.6 cm³/mol. The van der Waals surface area contributed by atoms with Crippen LogP contribution in [0.25, 0.3) is 0 Å². The molecule has 3 rings (SSSR count). The van der Waals surface area contributed by atoms with Crippen molar-refractivity contribution >= 4 is 26.3 Å². The second kappa shape index (κ2) is 5.40. The fraction of sp³-hybridized carbons (Fsp3) is 0.769. The van der Waals surface area contributed by atoms with Crippen molar-refractivity contribution in [3.63, 3.8) is 0 Å². The number of sulfone groups is 1. The molecular formula is C13H20N2O2S2. The zero-order chi connectivity index (χ0) is 13.3. The molecule has 1 aromatic rings. The third-order valence-electron chi connectivity index (χ3n) is 4.11. The summed E-state index contributed by atoms with van der Waals surface area (Å²) in [4.78, 5) is 4.59. The summed E-state index contributed by atoms with van der Waals surface area (Å²) in [6.07, 6.45) is 7.14. The minimum atomic E-state index is -2.82. The summed E-state index contributed by atoms with van der Waals surface area (Å²) in [6.45, 7) is 0. The molecule has 0 bridgehead atoms. The molecular weight excluding hydrogens is 280 g/mol. The van der Waals surface area contributed by atoms with Gasteiger partial charge in [-0.3, -0.25) is 0 Å². The highest BCUT2D eigenvalue weighted by molar-refractivity contribution is 7.91. The van der Waals surface area contributed by atoms with Gasteiger partial charge in [-0.2, -0.15) is 0 Å². The van der Waals surface area contributed by atoms with Crippen molar-refractivity contribution in [2.75, 3.05) is 16.8 Å². The van der Waals surface area contributed by atoms with Gasteiger partial charge in [0, 0.05) is 17.3 Å². The average molecular weight is 300 g/mol. The Kier molecular flexibility index (Phi) is 3.80. The average Bonchev–Trinajstić information content (AvgIpc) is 2.97. The number of thiazole rings is 1. The van der Waals surface area contributed by atoms with E-state index in [0.29, 0.717) is 11.8 Å². The van der Waals surface area contributed by atoms with E-state index in [1.807, 2.05) is 5.38 Å². The second-order valence-electron chi connectivity index (χ2n) is 5.66. The van der Waals surface area contributed by atoms with Crippen molar-refractivity contribution in [3.05, 3.63) is 11.1 Å². The molecule has 0 radical (unpaired) electrons. The van der Waals surface area contributed by atoms with E-state index < -0.39 is 9.84 Å². The first kappa shape index (κ1) is 13.4. The molecule has 1 aromatic heterocycles. The number of nitrogens with one attached hydrogen (secondary N) is 1. The first-order chi connectivity index (χ1) is 9.12. The van der Waals surface area contributed by atoms with E-state index in [9.17, 15) is 8.42 Å². The first-order valence-electron chi connectivity index (χ1n) is 7.05. The van der Waals surface area contributed by atoms with Crippen molar-refractivity contribution in [2.45, 2.75) is 50.5 Å². The molecule has 4 nitrogen and oxygen atoms in total. The Morgan fingerprint density at radius 1 is 1.21 bits per heavy atom. The molecule has 19 heavy (non-hydrogen) atoms. The van der Waals surface area contributed by atoms with E-state index in [-0.39, 0.29) is 11.7 Å². The van der Waals surface area contributed by atoms with E-state index in [0.717, 1.165) is 17.2 Å². The van der Waals surface area contributed by atoms with Gasteiger partial charge in [0.25, 0.3) is 0 Å². The highest BCUT2D eigenvalue weighted by Gasteiger charge is 2.30. The van der Waals surface area contributed by atoms with Gasteiger partial charge in [-0.05, 0) is 19.3 Å². The summed E-state index contributed by atoms with van der Waals surface area (Å²) in [6, 6.07) is 0.556. The van der Waals surface area contributed by atoms with Gasteiger partial charge in [0.15, 0.2) is 15.0 Å². The second-order valence-corrected chi connectivity index (χ2v) is 8.74. The molecule has 1 saturated heterocycles. The molecule has 1 unspecified atom stereocenters. The largest absolute Gasteiger partial charge is 0.359 e. The third-order valence-corrected chi connectivity index (χ3v) is 6.67. The molecule has 1 N–H and O–H groups in total. The van der Waals surface area contributed by atoms with Crippen LogP contribution in [0.4, 0.5) is 5.13 Å². The van der Waals surface area contributed by atoms with Crippen LogP contribution < -0.4 is 5.32 Å². The molecule has 0 aromatic carbocycles. The number of nitrogens with zero attached hydrogens (tertiary/aromatic N) is 1. The summed E-state index contributed by atoms with van der Waals surface area (Å²) in [5.41, 5.74) is 0.962. The molecule has 2 heterocycles. The van der Waals surface area contributed by atoms with E-state index in [2.05, 4.69) is 10.3 Å². The number of rotatable bonds is 3. The molecule has 2 aliphatic rings. The molecule has 0 amide bonds. The Morgan fingerprint density at radius 2 is 2.00 bits per heavy atom. The van der Waals surface area contributed by atoms with E-state index in [4.69, 9.17) is 0 Å². The van der Waals surface area contributed by atoms with E-state index in [1.165, 1.54) is 32.1 Å². The van der Waals surface area contributed by atoms with Crippen LogP contribution in [0.1, 0.15) is 50.1 Å². The van der Waals surface area contributed by atoms with Crippen molar-refractivity contribution < 1.29 is 8.42 Å².